The van der Waals surface area contributed by atoms with Crippen molar-refractivity contribution in [2.75, 3.05) is 11.9 Å². The number of halogens is 1. The van der Waals surface area contributed by atoms with Gasteiger partial charge in [0, 0.05) is 10.7 Å². The average molecular weight is 411 g/mol. The van der Waals surface area contributed by atoms with Gasteiger partial charge in [0.1, 0.15) is 0 Å². The molecule has 0 atom stereocenters. The van der Waals surface area contributed by atoms with Crippen LogP contribution in [0, 0.1) is 11.3 Å². The zero-order chi connectivity index (χ0) is 20.7. The molecule has 1 fully saturated rings. The van der Waals surface area contributed by atoms with Gasteiger partial charge in [0.25, 0.3) is 5.91 Å². The minimum absolute atomic E-state index is 0.317. The van der Waals surface area contributed by atoms with Crippen molar-refractivity contribution in [1.82, 2.24) is 0 Å². The summed E-state index contributed by atoms with van der Waals surface area (Å²) < 4.78 is 5.44. The van der Waals surface area contributed by atoms with Crippen molar-refractivity contribution in [3.05, 3.63) is 64.7 Å². The number of anilines is 1. The second kappa shape index (κ2) is 9.58. The molecule has 0 bridgehead atoms. The summed E-state index contributed by atoms with van der Waals surface area (Å²) in [5.41, 5.74) is 1.57. The minimum atomic E-state index is -0.748. The average Bonchev–Trinajstić information content (AvgIpc) is 2.74. The summed E-state index contributed by atoms with van der Waals surface area (Å²) >= 11 is 6.15. The quantitative estimate of drug-likeness (QED) is 0.694. The van der Waals surface area contributed by atoms with E-state index in [2.05, 4.69) is 11.4 Å². The summed E-state index contributed by atoms with van der Waals surface area (Å²) in [6, 6.07) is 16.4. The SMILES string of the molecule is N#CCc1ccc(NC(=O)COC(=O)C2(c3cccc(Cl)c3)CCCCC2)cc1. The number of esters is 1. The van der Waals surface area contributed by atoms with Crippen molar-refractivity contribution in [2.45, 2.75) is 43.9 Å². The first-order valence-corrected chi connectivity index (χ1v) is 10.1. The van der Waals surface area contributed by atoms with Gasteiger partial charge >= 0.3 is 5.97 Å². The van der Waals surface area contributed by atoms with Gasteiger partial charge in [-0.15, -0.1) is 0 Å². The van der Waals surface area contributed by atoms with E-state index in [0.717, 1.165) is 30.4 Å². The Morgan fingerprint density at radius 3 is 2.48 bits per heavy atom. The van der Waals surface area contributed by atoms with Gasteiger partial charge in [0.05, 0.1) is 17.9 Å². The highest BCUT2D eigenvalue weighted by atomic mass is 35.5. The number of nitrogens with zero attached hydrogens (tertiary/aromatic N) is 1. The lowest BCUT2D eigenvalue weighted by molar-refractivity contribution is -0.154. The first-order chi connectivity index (χ1) is 14.0. The van der Waals surface area contributed by atoms with Crippen LogP contribution in [0.3, 0.4) is 0 Å². The molecule has 1 amide bonds. The number of benzene rings is 2. The zero-order valence-electron chi connectivity index (χ0n) is 16.1. The van der Waals surface area contributed by atoms with E-state index in [1.807, 2.05) is 18.2 Å². The third-order valence-electron chi connectivity index (χ3n) is 5.33. The van der Waals surface area contributed by atoms with E-state index in [0.29, 0.717) is 30.0 Å². The second-order valence-electron chi connectivity index (χ2n) is 7.31. The van der Waals surface area contributed by atoms with Crippen LogP contribution in [0.4, 0.5) is 5.69 Å². The van der Waals surface area contributed by atoms with E-state index in [4.69, 9.17) is 21.6 Å². The standard InChI is InChI=1S/C23H23ClN2O3/c24-19-6-4-5-18(15-19)23(12-2-1-3-13-23)22(28)29-16-21(27)26-20-9-7-17(8-10-20)11-14-25/h4-10,15H,1-3,11-13,16H2,(H,26,27). The van der Waals surface area contributed by atoms with Crippen LogP contribution in [0.25, 0.3) is 0 Å². The van der Waals surface area contributed by atoms with Crippen LogP contribution in [0.2, 0.25) is 5.02 Å². The molecular formula is C23H23ClN2O3. The predicted molar refractivity (Wildman–Crippen MR) is 112 cm³/mol. The summed E-state index contributed by atoms with van der Waals surface area (Å²) in [6.45, 7) is -0.346. The Labute approximate surface area is 175 Å². The Hall–Kier alpha value is -2.84. The number of ether oxygens (including phenoxy) is 1. The molecule has 3 rings (SSSR count). The maximum atomic E-state index is 13.0. The van der Waals surface area contributed by atoms with Crippen LogP contribution >= 0.6 is 11.6 Å². The minimum Gasteiger partial charge on any atom is -0.455 e. The fourth-order valence-electron chi connectivity index (χ4n) is 3.82. The number of carbonyl (C=O) groups excluding carboxylic acids is 2. The van der Waals surface area contributed by atoms with Gasteiger partial charge in [-0.2, -0.15) is 5.26 Å². The van der Waals surface area contributed by atoms with E-state index >= 15 is 0 Å². The van der Waals surface area contributed by atoms with Gasteiger partial charge in [0.15, 0.2) is 6.61 Å². The third-order valence-corrected chi connectivity index (χ3v) is 5.57. The number of rotatable bonds is 6. The summed E-state index contributed by atoms with van der Waals surface area (Å²) in [6.07, 6.45) is 4.64. The zero-order valence-corrected chi connectivity index (χ0v) is 16.9. The highest BCUT2D eigenvalue weighted by Gasteiger charge is 2.42. The maximum absolute atomic E-state index is 13.0. The molecule has 0 saturated heterocycles. The van der Waals surface area contributed by atoms with Gasteiger partial charge in [-0.3, -0.25) is 9.59 Å². The third kappa shape index (κ3) is 5.16. The molecular weight excluding hydrogens is 388 g/mol. The highest BCUT2D eigenvalue weighted by Crippen LogP contribution is 2.41. The fraction of sp³-hybridized carbons (Fsp3) is 0.348. The molecule has 2 aromatic carbocycles. The number of carbonyl (C=O) groups is 2. The molecule has 0 aromatic heterocycles. The molecule has 29 heavy (non-hydrogen) atoms. The first kappa shape index (κ1) is 20.9. The number of amides is 1. The Kier molecular flexibility index (Phi) is 6.90. The summed E-state index contributed by atoms with van der Waals surface area (Å²) in [7, 11) is 0. The molecule has 5 nitrogen and oxygen atoms in total. The summed E-state index contributed by atoms with van der Waals surface area (Å²) in [5, 5.41) is 12.0. The number of nitrogens with one attached hydrogen (secondary N) is 1. The molecule has 1 aliphatic carbocycles. The normalized spacial score (nSPS) is 15.2. The Morgan fingerprint density at radius 1 is 1.10 bits per heavy atom. The predicted octanol–water partition coefficient (Wildman–Crippen LogP) is 4.79. The molecule has 1 saturated carbocycles. The maximum Gasteiger partial charge on any atom is 0.317 e. The van der Waals surface area contributed by atoms with Crippen LogP contribution in [-0.2, 0) is 26.2 Å². The largest absolute Gasteiger partial charge is 0.455 e. The van der Waals surface area contributed by atoms with Crippen LogP contribution in [0.5, 0.6) is 0 Å². The molecule has 0 radical (unpaired) electrons. The number of hydrogen-bond donors (Lipinski definition) is 1. The van der Waals surface area contributed by atoms with Crippen molar-refractivity contribution in [3.8, 4) is 6.07 Å². The topological polar surface area (TPSA) is 79.2 Å². The van der Waals surface area contributed by atoms with Gasteiger partial charge in [-0.25, -0.2) is 0 Å². The molecule has 0 aliphatic heterocycles. The molecule has 0 unspecified atom stereocenters. The van der Waals surface area contributed by atoms with Crippen LogP contribution < -0.4 is 5.32 Å². The van der Waals surface area contributed by atoms with Crippen molar-refractivity contribution in [1.29, 1.82) is 5.26 Å². The number of nitriles is 1. The van der Waals surface area contributed by atoms with E-state index in [-0.39, 0.29) is 12.6 Å². The van der Waals surface area contributed by atoms with Crippen molar-refractivity contribution in [3.63, 3.8) is 0 Å². The van der Waals surface area contributed by atoms with Gasteiger partial charge in [0.2, 0.25) is 0 Å². The molecule has 0 heterocycles. The monoisotopic (exact) mass is 410 g/mol. The molecule has 1 N–H and O–H groups in total. The van der Waals surface area contributed by atoms with E-state index in [9.17, 15) is 9.59 Å². The summed E-state index contributed by atoms with van der Waals surface area (Å²) in [5.74, 6) is -0.776. The first-order valence-electron chi connectivity index (χ1n) is 9.72. The van der Waals surface area contributed by atoms with E-state index < -0.39 is 11.3 Å². The molecule has 150 valence electrons. The van der Waals surface area contributed by atoms with Crippen LogP contribution in [-0.4, -0.2) is 18.5 Å². The van der Waals surface area contributed by atoms with E-state index in [1.165, 1.54) is 0 Å². The van der Waals surface area contributed by atoms with Crippen LogP contribution in [0.1, 0.15) is 43.2 Å². The Morgan fingerprint density at radius 2 is 1.83 bits per heavy atom. The van der Waals surface area contributed by atoms with Crippen molar-refractivity contribution < 1.29 is 14.3 Å². The Balaban J connectivity index is 1.64. The fourth-order valence-corrected chi connectivity index (χ4v) is 4.01. The van der Waals surface area contributed by atoms with Gasteiger partial charge in [-0.1, -0.05) is 55.1 Å². The van der Waals surface area contributed by atoms with Crippen LogP contribution in [0.15, 0.2) is 48.5 Å². The second-order valence-corrected chi connectivity index (χ2v) is 7.75. The van der Waals surface area contributed by atoms with Gasteiger partial charge < -0.3 is 10.1 Å². The lowest BCUT2D eigenvalue weighted by atomic mass is 9.69. The molecule has 1 aliphatic rings. The lowest BCUT2D eigenvalue weighted by Gasteiger charge is -2.35. The lowest BCUT2D eigenvalue weighted by Crippen LogP contribution is -2.40. The van der Waals surface area contributed by atoms with E-state index in [1.54, 1.807) is 30.3 Å². The highest BCUT2D eigenvalue weighted by molar-refractivity contribution is 6.30. The van der Waals surface area contributed by atoms with Crippen molar-refractivity contribution in [2.24, 2.45) is 0 Å². The molecule has 0 spiro atoms. The smallest absolute Gasteiger partial charge is 0.317 e. The summed E-state index contributed by atoms with van der Waals surface area (Å²) in [4.78, 5) is 25.3. The van der Waals surface area contributed by atoms with Gasteiger partial charge in [-0.05, 0) is 48.2 Å². The molecule has 2 aromatic rings. The van der Waals surface area contributed by atoms with Crippen molar-refractivity contribution >= 4 is 29.2 Å². The molecule has 6 heteroatoms. The number of hydrogen-bond acceptors (Lipinski definition) is 4. The Bertz CT molecular complexity index is 912.